The van der Waals surface area contributed by atoms with Gasteiger partial charge >= 0.3 is 7.12 Å². The quantitative estimate of drug-likeness (QED) is 0.0601. The Hall–Kier alpha value is -8.26. The van der Waals surface area contributed by atoms with Crippen molar-refractivity contribution in [1.82, 2.24) is 64.0 Å². The predicted octanol–water partition coefficient (Wildman–Crippen LogP) is 9.76. The Bertz CT molecular complexity index is 4070. The monoisotopic (exact) mass is 1170 g/mol. The number of methoxy groups -OCH3 is 3. The van der Waals surface area contributed by atoms with E-state index in [4.69, 9.17) is 60.4 Å². The molecule has 1 aliphatic heterocycles. The lowest BCUT2D eigenvalue weighted by Crippen LogP contribution is -2.41. The van der Waals surface area contributed by atoms with Crippen molar-refractivity contribution in [3.05, 3.63) is 96.3 Å². The van der Waals surface area contributed by atoms with Crippen LogP contribution < -0.4 is 19.7 Å². The van der Waals surface area contributed by atoms with E-state index in [0.29, 0.717) is 54.2 Å². The highest BCUT2D eigenvalue weighted by molar-refractivity contribution is 6.76. The van der Waals surface area contributed by atoms with Crippen LogP contribution in [-0.2, 0) is 32.2 Å². The van der Waals surface area contributed by atoms with E-state index in [1.54, 1.807) is 70.6 Å². The Morgan fingerprint density at radius 1 is 0.554 bits per heavy atom. The Morgan fingerprint density at radius 2 is 1.00 bits per heavy atom. The van der Waals surface area contributed by atoms with Gasteiger partial charge in [0, 0.05) is 129 Å². The molecule has 1 N–H and O–H groups in total. The fourth-order valence-corrected chi connectivity index (χ4v) is 10.0. The number of halogens is 1. The van der Waals surface area contributed by atoms with Crippen LogP contribution >= 0.6 is 11.6 Å². The van der Waals surface area contributed by atoms with Crippen molar-refractivity contribution in [2.45, 2.75) is 104 Å². The first-order chi connectivity index (χ1) is 39.5. The van der Waals surface area contributed by atoms with E-state index in [1.165, 1.54) is 0 Å². The van der Waals surface area contributed by atoms with Crippen LogP contribution in [0, 0.1) is 34.0 Å². The Labute approximate surface area is 487 Å². The molecule has 1 saturated heterocycles. The molecule has 0 atom stereocenters. The maximum absolute atomic E-state index is 9.11. The van der Waals surface area contributed by atoms with Crippen LogP contribution in [0.4, 0.5) is 0 Å². The van der Waals surface area contributed by atoms with Gasteiger partial charge in [-0.3, -0.25) is 0 Å². The van der Waals surface area contributed by atoms with Crippen LogP contribution in [0.5, 0.6) is 17.6 Å². The maximum atomic E-state index is 9.11. The van der Waals surface area contributed by atoms with E-state index in [9.17, 15) is 0 Å². The van der Waals surface area contributed by atoms with Gasteiger partial charge in [0.25, 0.3) is 0 Å². The van der Waals surface area contributed by atoms with Gasteiger partial charge < -0.3 is 47.1 Å². The lowest BCUT2D eigenvalue weighted by molar-refractivity contribution is 0.00578. The number of rotatable bonds is 14. The van der Waals surface area contributed by atoms with Crippen molar-refractivity contribution in [3.63, 3.8) is 0 Å². The molecule has 0 spiro atoms. The van der Waals surface area contributed by atoms with Gasteiger partial charge in [-0.25, -0.2) is 49.8 Å². The van der Waals surface area contributed by atoms with E-state index < -0.39 is 23.3 Å². The molecule has 0 saturated carbocycles. The van der Waals surface area contributed by atoms with Crippen molar-refractivity contribution in [3.8, 4) is 35.8 Å². The maximum Gasteiger partial charge on any atom is 0.498 e. The minimum Gasteiger partial charge on any atom is -0.481 e. The number of hydrogen-bond acceptors (Lipinski definition) is 20. The van der Waals surface area contributed by atoms with Crippen LogP contribution in [-0.4, -0.2) is 133 Å². The van der Waals surface area contributed by atoms with Gasteiger partial charge in [-0.2, -0.15) is 15.8 Å². The number of nitrogens with one attached hydrogen (secondary N) is 1. The summed E-state index contributed by atoms with van der Waals surface area (Å²) in [6, 6.07) is 17.3. The second kappa shape index (κ2) is 25.5. The highest BCUT2D eigenvalue weighted by atomic mass is 35.5. The molecule has 0 bridgehead atoms. The van der Waals surface area contributed by atoms with Gasteiger partial charge in [0.15, 0.2) is 0 Å². The summed E-state index contributed by atoms with van der Waals surface area (Å²) < 4.78 is 43.0. The number of ether oxygens (including phenoxy) is 5. The topological polar surface area (TPSA) is 291 Å². The van der Waals surface area contributed by atoms with Crippen molar-refractivity contribution in [2.24, 2.45) is 0 Å². The van der Waals surface area contributed by atoms with E-state index >= 15 is 0 Å². The SMILES string of the molecule is CC1(C)OB(c2cnc(C#N)nc2)OC1(C)C.COc1cc2[nH]c3nc(C#N)ncc3c2cn1.COc1cc2c(cn1)c1ccc(Cl)nc1n2COCC[Si](C)(C)C.COc1cc2c(cn1)c1cnc(C#N)nc1n2COCC[Si](C)(C)C. The normalized spacial score (nSPS) is 13.6. The molecule has 10 aromatic rings. The summed E-state index contributed by atoms with van der Waals surface area (Å²) in [5.74, 6) is 2.04. The Balaban J connectivity index is 0.000000147. The van der Waals surface area contributed by atoms with Crippen molar-refractivity contribution in [2.75, 3.05) is 34.5 Å². The minimum absolute atomic E-state index is 0.138. The molecule has 0 radical (unpaired) electrons. The number of H-pyrrole nitrogens is 1. The van der Waals surface area contributed by atoms with Gasteiger partial charge in [-0.15, -0.1) is 0 Å². The molecule has 83 heavy (non-hydrogen) atoms. The minimum atomic E-state index is -1.15. The van der Waals surface area contributed by atoms with Crippen LogP contribution in [0.2, 0.25) is 56.5 Å². The fourth-order valence-electron chi connectivity index (χ4n) is 8.38. The number of aromatic nitrogens is 13. The third-order valence-corrected chi connectivity index (χ3v) is 17.4. The largest absolute Gasteiger partial charge is 0.498 e. The zero-order chi connectivity index (χ0) is 59.9. The summed E-state index contributed by atoms with van der Waals surface area (Å²) in [6.45, 7) is 24.2. The highest BCUT2D eigenvalue weighted by Crippen LogP contribution is 2.37. The molecule has 11 rings (SSSR count). The number of nitrogens with zero attached hydrogens (tertiary/aromatic N) is 15. The van der Waals surface area contributed by atoms with E-state index in [1.807, 2.05) is 79.4 Å². The van der Waals surface area contributed by atoms with Crippen molar-refractivity contribution in [1.29, 1.82) is 15.8 Å². The van der Waals surface area contributed by atoms with Gasteiger partial charge in [-0.05, 0) is 51.9 Å². The lowest BCUT2D eigenvalue weighted by Gasteiger charge is -2.32. The Kier molecular flexibility index (Phi) is 18.7. The van der Waals surface area contributed by atoms with Crippen LogP contribution in [0.3, 0.4) is 0 Å². The summed E-state index contributed by atoms with van der Waals surface area (Å²) in [7, 11) is 2.02. The first-order valence-electron chi connectivity index (χ1n) is 26.4. The molecular weight excluding hydrogens is 1110 g/mol. The van der Waals surface area contributed by atoms with Gasteiger partial charge in [0.1, 0.15) is 53.8 Å². The van der Waals surface area contributed by atoms with Gasteiger partial charge in [0.05, 0.1) is 49.1 Å². The number of aromatic amines is 1. The molecule has 0 aliphatic carbocycles. The van der Waals surface area contributed by atoms with Gasteiger partial charge in [0.2, 0.25) is 35.1 Å². The first-order valence-corrected chi connectivity index (χ1v) is 34.2. The zero-order valence-electron chi connectivity index (χ0n) is 48.7. The smallest absolute Gasteiger partial charge is 0.481 e. The number of pyridine rings is 4. The molecule has 23 nitrogen and oxygen atoms in total. The first kappa shape index (κ1) is 60.8. The third-order valence-electron chi connectivity index (χ3n) is 13.8. The molecule has 0 amide bonds. The Morgan fingerprint density at radius 3 is 1.51 bits per heavy atom. The summed E-state index contributed by atoms with van der Waals surface area (Å²) in [5.41, 5.74) is 4.81. The van der Waals surface area contributed by atoms with E-state index in [-0.39, 0.29) is 28.7 Å². The van der Waals surface area contributed by atoms with Crippen molar-refractivity contribution >= 4 is 106 Å². The zero-order valence-corrected chi connectivity index (χ0v) is 51.4. The molecule has 1 fully saturated rings. The molecule has 11 heterocycles. The number of fused-ring (bicyclic) bond motifs is 9. The third kappa shape index (κ3) is 14.3. The molecule has 0 aromatic carbocycles. The average Bonchev–Trinajstić information content (AvgIpc) is 2.59. The number of nitriles is 3. The number of hydrogen-bond donors (Lipinski definition) is 1. The molecule has 27 heteroatoms. The summed E-state index contributed by atoms with van der Waals surface area (Å²) in [6.07, 6.45) is 11.7. The van der Waals surface area contributed by atoms with Crippen LogP contribution in [0.1, 0.15) is 45.2 Å². The van der Waals surface area contributed by atoms with Gasteiger partial charge in [-0.1, -0.05) is 50.9 Å². The molecule has 1 aliphatic rings. The molecule has 10 aromatic heterocycles. The summed E-state index contributed by atoms with van der Waals surface area (Å²) in [5, 5.41) is 32.5. The van der Waals surface area contributed by atoms with Crippen LogP contribution in [0.25, 0.3) is 65.8 Å². The fraction of sp³-hybridized carbons (Fsp3) is 0.375. The standard InChI is InChI=1S/C17H22ClN3O2Si.C17H21N5O2Si.C11H14BN3O2.C11H7N5O/c1-22-16-9-14-13(10-19-16)12-5-6-15(18)20-17(12)21(14)11-23-7-8-24(2,3)4;1-23-16-7-14-12(9-20-16)13-10-19-15(8-18)21-17(13)22(14)11-24-5-6-25(2,3)4;1-10(2)11(3,4)17-12(16-10)8-6-14-9(5-13)15-7-8;1-17-10-2-8-6(4-14-10)7-5-13-9(3-12)16-11(7)15-8/h5-6,9-10H,7-8,11H2,1-4H3;7,9-10H,5-6,11H2,1-4H3;6-7H,1-4H3;2,4-5H,1H3,(H,13,15,16). The summed E-state index contributed by atoms with van der Waals surface area (Å²) >= 11 is 6.10. The van der Waals surface area contributed by atoms with E-state index in [2.05, 4.69) is 94.1 Å². The van der Waals surface area contributed by atoms with Crippen LogP contribution in [0.15, 0.2) is 73.7 Å². The second-order valence-electron chi connectivity index (χ2n) is 22.6. The van der Waals surface area contributed by atoms with E-state index in [0.717, 1.165) is 78.7 Å². The highest BCUT2D eigenvalue weighted by Gasteiger charge is 2.52. The summed E-state index contributed by atoms with van der Waals surface area (Å²) in [4.78, 5) is 44.6. The predicted molar refractivity (Wildman–Crippen MR) is 322 cm³/mol. The average molecular weight is 1180 g/mol. The lowest BCUT2D eigenvalue weighted by atomic mass is 9.81. The molecular formula is C56H64BClN16O7Si2. The van der Waals surface area contributed by atoms with Crippen molar-refractivity contribution < 1.29 is 33.0 Å². The molecule has 428 valence electrons. The molecule has 0 unspecified atom stereocenters. The second-order valence-corrected chi connectivity index (χ2v) is 34.2.